The molecule has 1 aromatic carbocycles. The summed E-state index contributed by atoms with van der Waals surface area (Å²) >= 11 is 2.25. The maximum atomic E-state index is 2.90. The summed E-state index contributed by atoms with van der Waals surface area (Å²) in [5.41, 5.74) is 0. The molecule has 2 radical (unpaired) electrons. The molecule has 0 aliphatic heterocycles. The van der Waals surface area contributed by atoms with Crippen LogP contribution in [0.2, 0.25) is 13.3 Å². The SMILES string of the molecule is C[CH2][Sn]([CH2]C)[CH2]C.[Se]c1ccccc1. The number of rotatable bonds is 3. The Morgan fingerprint density at radius 3 is 1.50 bits per heavy atom. The molecule has 0 nitrogen and oxygen atoms in total. The summed E-state index contributed by atoms with van der Waals surface area (Å²) in [5, 5.41) is 0. The Hall–Kier alpha value is 0.538. The quantitative estimate of drug-likeness (QED) is 0.726. The van der Waals surface area contributed by atoms with Crippen LogP contribution >= 0.6 is 0 Å². The minimum atomic E-state index is -0.653. The van der Waals surface area contributed by atoms with Gasteiger partial charge in [0, 0.05) is 0 Å². The minimum absolute atomic E-state index is 0.653. The summed E-state index contributed by atoms with van der Waals surface area (Å²) < 4.78 is 5.85. The Labute approximate surface area is 104 Å². The number of hydrogen-bond acceptors (Lipinski definition) is 0. The van der Waals surface area contributed by atoms with E-state index in [0.29, 0.717) is 0 Å². The molecule has 0 spiro atoms. The van der Waals surface area contributed by atoms with Crippen molar-refractivity contribution < 1.29 is 0 Å². The van der Waals surface area contributed by atoms with Gasteiger partial charge >= 0.3 is 105 Å². The van der Waals surface area contributed by atoms with Gasteiger partial charge in [0.15, 0.2) is 0 Å². The van der Waals surface area contributed by atoms with Gasteiger partial charge < -0.3 is 0 Å². The summed E-state index contributed by atoms with van der Waals surface area (Å²) in [4.78, 5) is 0. The normalized spacial score (nSPS) is 9.43. The van der Waals surface area contributed by atoms with Gasteiger partial charge in [0.1, 0.15) is 0 Å². The molecule has 2 heteroatoms. The molecule has 0 aliphatic rings. The van der Waals surface area contributed by atoms with Crippen LogP contribution in [0, 0.1) is 0 Å². The van der Waals surface area contributed by atoms with Crippen LogP contribution in [0.1, 0.15) is 20.8 Å². The molecule has 0 N–H and O–H groups in total. The van der Waals surface area contributed by atoms with Crippen LogP contribution in [0.25, 0.3) is 0 Å². The van der Waals surface area contributed by atoms with E-state index in [9.17, 15) is 0 Å². The van der Waals surface area contributed by atoms with Crippen molar-refractivity contribution in [2.24, 2.45) is 0 Å². The first-order chi connectivity index (χ1) is 6.74. The van der Waals surface area contributed by atoms with Gasteiger partial charge in [-0.1, -0.05) is 0 Å². The summed E-state index contributed by atoms with van der Waals surface area (Å²) in [5.74, 6) is 0. The zero-order valence-electron chi connectivity index (χ0n) is 9.42. The second-order valence-electron chi connectivity index (χ2n) is 3.12. The molecular formula is C12H20SeSn. The van der Waals surface area contributed by atoms with Crippen molar-refractivity contribution in [2.45, 2.75) is 34.1 Å². The van der Waals surface area contributed by atoms with E-state index >= 15 is 0 Å². The van der Waals surface area contributed by atoms with Crippen LogP contribution in [-0.2, 0) is 0 Å². The molecule has 0 fully saturated rings. The third-order valence-electron chi connectivity index (χ3n) is 2.24. The van der Waals surface area contributed by atoms with E-state index in [0.717, 1.165) is 0 Å². The Balaban J connectivity index is 0.000000241. The molecule has 0 amide bonds. The first-order valence-electron chi connectivity index (χ1n) is 5.30. The molecule has 0 bridgehead atoms. The van der Waals surface area contributed by atoms with Crippen molar-refractivity contribution >= 4 is 40.2 Å². The molecule has 78 valence electrons. The third kappa shape index (κ3) is 7.90. The Morgan fingerprint density at radius 2 is 1.36 bits per heavy atom. The second kappa shape index (κ2) is 10.1. The van der Waals surface area contributed by atoms with Gasteiger partial charge in [-0.3, -0.25) is 0 Å². The molecule has 0 unspecified atom stereocenters. The average molecular weight is 362 g/mol. The summed E-state index contributed by atoms with van der Waals surface area (Å²) in [6.45, 7) is 7.05. The molecule has 0 aliphatic carbocycles. The number of hydrogen-bond donors (Lipinski definition) is 0. The van der Waals surface area contributed by atoms with Crippen molar-refractivity contribution in [1.29, 1.82) is 0 Å². The number of benzene rings is 1. The molecule has 0 heterocycles. The molecular weight excluding hydrogens is 342 g/mol. The first kappa shape index (κ1) is 14.5. The van der Waals surface area contributed by atoms with Gasteiger partial charge in [0.05, 0.1) is 0 Å². The monoisotopic (exact) mass is 364 g/mol. The predicted octanol–water partition coefficient (Wildman–Crippen LogP) is 3.02. The van der Waals surface area contributed by atoms with Crippen molar-refractivity contribution in [3.8, 4) is 0 Å². The topological polar surface area (TPSA) is 0 Å². The van der Waals surface area contributed by atoms with E-state index in [-0.39, 0.29) is 0 Å². The van der Waals surface area contributed by atoms with E-state index in [1.807, 2.05) is 30.3 Å². The zero-order valence-corrected chi connectivity index (χ0v) is 14.0. The van der Waals surface area contributed by atoms with Gasteiger partial charge in [0.2, 0.25) is 0 Å². The van der Waals surface area contributed by atoms with Crippen LogP contribution in [0.15, 0.2) is 30.3 Å². The van der Waals surface area contributed by atoms with Gasteiger partial charge in [-0.2, -0.15) is 0 Å². The van der Waals surface area contributed by atoms with E-state index in [1.54, 1.807) is 13.3 Å². The van der Waals surface area contributed by atoms with Gasteiger partial charge in [-0.15, -0.1) is 0 Å². The van der Waals surface area contributed by atoms with E-state index in [4.69, 9.17) is 0 Å². The molecule has 1 rings (SSSR count). The fourth-order valence-corrected chi connectivity index (χ4v) is 5.78. The van der Waals surface area contributed by atoms with Crippen molar-refractivity contribution in [1.82, 2.24) is 0 Å². The molecule has 0 atom stereocenters. The molecule has 0 aromatic heterocycles. The fraction of sp³-hybridized carbons (Fsp3) is 0.500. The second-order valence-corrected chi connectivity index (χ2v) is 14.4. The summed E-state index contributed by atoms with van der Waals surface area (Å²) in [6.07, 6.45) is 0. The average Bonchev–Trinajstić information content (AvgIpc) is 2.22. The van der Waals surface area contributed by atoms with Crippen LogP contribution in [0.3, 0.4) is 0 Å². The molecule has 1 aromatic rings. The van der Waals surface area contributed by atoms with Crippen LogP contribution < -0.4 is 4.46 Å². The zero-order chi connectivity index (χ0) is 10.8. The van der Waals surface area contributed by atoms with Gasteiger partial charge in [0.25, 0.3) is 0 Å². The standard InChI is InChI=1S/C6H5Se.3C2H5.Sn/c7-6-4-2-1-3-5-6;3*1-2;/h1-5H;3*1H2,2H3;. The first-order valence-corrected chi connectivity index (χ1v) is 12.2. The third-order valence-corrected chi connectivity index (χ3v) is 11.4. The van der Waals surface area contributed by atoms with E-state index in [1.165, 1.54) is 4.46 Å². The fourth-order valence-electron chi connectivity index (χ4n) is 1.17. The molecule has 14 heavy (non-hydrogen) atoms. The maximum absolute atomic E-state index is 2.90. The van der Waals surface area contributed by atoms with E-state index in [2.05, 4.69) is 36.8 Å². The Bertz CT molecular complexity index is 201. The van der Waals surface area contributed by atoms with Crippen LogP contribution in [0.5, 0.6) is 0 Å². The van der Waals surface area contributed by atoms with Crippen LogP contribution in [0.4, 0.5) is 0 Å². The van der Waals surface area contributed by atoms with Crippen molar-refractivity contribution in [3.63, 3.8) is 0 Å². The van der Waals surface area contributed by atoms with Crippen LogP contribution in [-0.4, -0.2) is 35.8 Å². The predicted molar refractivity (Wildman–Crippen MR) is 69.0 cm³/mol. The van der Waals surface area contributed by atoms with Crippen molar-refractivity contribution in [3.05, 3.63) is 30.3 Å². The van der Waals surface area contributed by atoms with E-state index < -0.39 is 19.8 Å². The Kier molecular flexibility index (Phi) is 10.5. The Morgan fingerprint density at radius 1 is 0.929 bits per heavy atom. The molecule has 0 saturated carbocycles. The summed E-state index contributed by atoms with van der Waals surface area (Å²) in [6, 6.07) is 10.1. The van der Waals surface area contributed by atoms with Gasteiger partial charge in [-0.25, -0.2) is 0 Å². The van der Waals surface area contributed by atoms with Gasteiger partial charge in [-0.05, 0) is 0 Å². The molecule has 0 saturated heterocycles. The van der Waals surface area contributed by atoms with Crippen molar-refractivity contribution in [2.75, 3.05) is 0 Å². The summed E-state index contributed by atoms with van der Waals surface area (Å²) in [7, 11) is 0.